The van der Waals surface area contributed by atoms with E-state index in [4.69, 9.17) is 16.0 Å². The van der Waals surface area contributed by atoms with Crippen LogP contribution in [-0.2, 0) is 0 Å². The first-order valence-corrected chi connectivity index (χ1v) is 5.36. The largest absolute Gasteiger partial charge is 0.457 e. The van der Waals surface area contributed by atoms with E-state index in [0.717, 1.165) is 0 Å². The van der Waals surface area contributed by atoms with Gasteiger partial charge in [0.1, 0.15) is 5.15 Å². The van der Waals surface area contributed by atoms with Crippen LogP contribution in [0, 0.1) is 0 Å². The second-order valence-corrected chi connectivity index (χ2v) is 3.89. The number of nitrogens with one attached hydrogen (secondary N) is 1. The number of nitrogens with zero attached hydrogens (tertiary/aromatic N) is 2. The van der Waals surface area contributed by atoms with E-state index in [1.54, 1.807) is 6.07 Å². The molecular formula is C9H5BrClN3O2. The van der Waals surface area contributed by atoms with Gasteiger partial charge in [0.25, 0.3) is 5.91 Å². The van der Waals surface area contributed by atoms with Crippen LogP contribution >= 0.6 is 27.5 Å². The van der Waals surface area contributed by atoms with Crippen molar-refractivity contribution in [3.05, 3.63) is 40.1 Å². The number of amides is 1. The van der Waals surface area contributed by atoms with Crippen LogP contribution in [-0.4, -0.2) is 15.9 Å². The Morgan fingerprint density at radius 2 is 2.25 bits per heavy atom. The molecule has 2 rings (SSSR count). The Morgan fingerprint density at radius 3 is 2.81 bits per heavy atom. The van der Waals surface area contributed by atoms with Gasteiger partial charge in [-0.05, 0) is 22.0 Å². The molecule has 0 bridgehead atoms. The lowest BCUT2D eigenvalue weighted by molar-refractivity contribution is 0.102. The van der Waals surface area contributed by atoms with E-state index in [1.807, 2.05) is 0 Å². The fourth-order valence-electron chi connectivity index (χ4n) is 1.02. The first-order chi connectivity index (χ1) is 7.66. The van der Waals surface area contributed by atoms with Crippen LogP contribution in [0.3, 0.4) is 0 Å². The first kappa shape index (κ1) is 11.1. The molecule has 0 saturated heterocycles. The second-order valence-electron chi connectivity index (χ2n) is 2.79. The molecule has 2 aromatic rings. The molecule has 0 aliphatic rings. The Kier molecular flexibility index (Phi) is 3.21. The van der Waals surface area contributed by atoms with Crippen molar-refractivity contribution in [2.45, 2.75) is 0 Å². The molecule has 82 valence electrons. The number of hydrogen-bond donors (Lipinski definition) is 1. The third-order valence-corrected chi connectivity index (χ3v) is 2.53. The molecule has 2 aromatic heterocycles. The minimum absolute atomic E-state index is 0.266. The van der Waals surface area contributed by atoms with Crippen molar-refractivity contribution < 1.29 is 9.21 Å². The Balaban J connectivity index is 2.14. The lowest BCUT2D eigenvalue weighted by Crippen LogP contribution is -2.12. The molecule has 0 radical (unpaired) electrons. The van der Waals surface area contributed by atoms with Gasteiger partial charge < -0.3 is 9.73 Å². The normalized spacial score (nSPS) is 10.1. The van der Waals surface area contributed by atoms with Crippen molar-refractivity contribution in [3.63, 3.8) is 0 Å². The molecule has 0 unspecified atom stereocenters. The molecule has 0 saturated carbocycles. The molecule has 0 spiro atoms. The summed E-state index contributed by atoms with van der Waals surface area (Å²) in [4.78, 5) is 19.4. The maximum absolute atomic E-state index is 11.7. The quantitative estimate of drug-likeness (QED) is 0.926. The van der Waals surface area contributed by atoms with Gasteiger partial charge in [-0.25, -0.2) is 9.97 Å². The number of carbonyl (C=O) groups excluding carboxylic acids is 1. The van der Waals surface area contributed by atoms with Crippen LogP contribution in [0.4, 0.5) is 5.82 Å². The standard InChI is InChI=1S/C9H5BrClN3O2/c10-8-5(1-2-16-8)9(15)14-7-4-12-6(11)3-13-7/h1-4H,(H,13,14,15). The van der Waals surface area contributed by atoms with Gasteiger partial charge in [0.15, 0.2) is 10.5 Å². The molecule has 0 aliphatic carbocycles. The van der Waals surface area contributed by atoms with E-state index in [9.17, 15) is 4.79 Å². The van der Waals surface area contributed by atoms with E-state index in [1.165, 1.54) is 18.7 Å². The Morgan fingerprint density at radius 1 is 1.44 bits per heavy atom. The molecule has 5 nitrogen and oxygen atoms in total. The Bertz CT molecular complexity index is 512. The van der Waals surface area contributed by atoms with Crippen LogP contribution in [0.2, 0.25) is 5.15 Å². The molecule has 0 atom stereocenters. The van der Waals surface area contributed by atoms with E-state index in [-0.39, 0.29) is 11.1 Å². The van der Waals surface area contributed by atoms with Gasteiger partial charge >= 0.3 is 0 Å². The highest BCUT2D eigenvalue weighted by atomic mass is 79.9. The van der Waals surface area contributed by atoms with Gasteiger partial charge in [-0.3, -0.25) is 4.79 Å². The lowest BCUT2D eigenvalue weighted by atomic mass is 10.3. The number of anilines is 1. The molecular weight excluding hydrogens is 297 g/mol. The van der Waals surface area contributed by atoms with Gasteiger partial charge in [0, 0.05) is 0 Å². The summed E-state index contributed by atoms with van der Waals surface area (Å²) < 4.78 is 5.31. The number of hydrogen-bond acceptors (Lipinski definition) is 4. The van der Waals surface area contributed by atoms with Crippen molar-refractivity contribution in [2.24, 2.45) is 0 Å². The Labute approximate surface area is 104 Å². The summed E-state index contributed by atoms with van der Waals surface area (Å²) >= 11 is 8.67. The third kappa shape index (κ3) is 2.40. The highest BCUT2D eigenvalue weighted by Crippen LogP contribution is 2.18. The number of rotatable bonds is 2. The van der Waals surface area contributed by atoms with Crippen molar-refractivity contribution >= 4 is 39.3 Å². The van der Waals surface area contributed by atoms with Crippen LogP contribution < -0.4 is 5.32 Å². The van der Waals surface area contributed by atoms with E-state index in [2.05, 4.69) is 31.2 Å². The smallest absolute Gasteiger partial charge is 0.261 e. The van der Waals surface area contributed by atoms with Crippen molar-refractivity contribution in [1.29, 1.82) is 0 Å². The van der Waals surface area contributed by atoms with Crippen LogP contribution in [0.1, 0.15) is 10.4 Å². The van der Waals surface area contributed by atoms with Gasteiger partial charge in [0.05, 0.1) is 24.2 Å². The molecule has 16 heavy (non-hydrogen) atoms. The predicted octanol–water partition coefficient (Wildman–Crippen LogP) is 2.74. The molecule has 2 heterocycles. The maximum Gasteiger partial charge on any atom is 0.261 e. The highest BCUT2D eigenvalue weighted by molar-refractivity contribution is 9.10. The minimum atomic E-state index is -0.336. The SMILES string of the molecule is O=C(Nc1cnc(Cl)cn1)c1ccoc1Br. The molecule has 7 heteroatoms. The van der Waals surface area contributed by atoms with E-state index < -0.39 is 0 Å². The summed E-state index contributed by atoms with van der Waals surface area (Å²) in [5, 5.41) is 2.82. The Hall–Kier alpha value is -1.40. The fraction of sp³-hybridized carbons (Fsp3) is 0. The molecule has 1 amide bonds. The van der Waals surface area contributed by atoms with Gasteiger partial charge in [-0.2, -0.15) is 0 Å². The number of carbonyl (C=O) groups is 1. The van der Waals surface area contributed by atoms with Gasteiger partial charge in [0.2, 0.25) is 0 Å². The van der Waals surface area contributed by atoms with Crippen molar-refractivity contribution in [3.8, 4) is 0 Å². The maximum atomic E-state index is 11.7. The monoisotopic (exact) mass is 301 g/mol. The van der Waals surface area contributed by atoms with Crippen molar-refractivity contribution in [1.82, 2.24) is 9.97 Å². The average molecular weight is 303 g/mol. The zero-order chi connectivity index (χ0) is 11.5. The zero-order valence-electron chi connectivity index (χ0n) is 7.78. The van der Waals surface area contributed by atoms with Gasteiger partial charge in [-0.1, -0.05) is 11.6 Å². The number of furan rings is 1. The summed E-state index contributed by atoms with van der Waals surface area (Å²) in [6, 6.07) is 1.54. The lowest BCUT2D eigenvalue weighted by Gasteiger charge is -2.01. The summed E-state index contributed by atoms with van der Waals surface area (Å²) in [5.74, 6) is -0.0141. The van der Waals surface area contributed by atoms with Crippen LogP contribution in [0.25, 0.3) is 0 Å². The van der Waals surface area contributed by atoms with Crippen molar-refractivity contribution in [2.75, 3.05) is 5.32 Å². The first-order valence-electron chi connectivity index (χ1n) is 4.18. The summed E-state index contributed by atoms with van der Waals surface area (Å²) in [7, 11) is 0. The highest BCUT2D eigenvalue weighted by Gasteiger charge is 2.13. The summed E-state index contributed by atoms with van der Waals surface area (Å²) in [5.41, 5.74) is 0.386. The molecule has 0 aliphatic heterocycles. The van der Waals surface area contributed by atoms with E-state index >= 15 is 0 Å². The summed E-state index contributed by atoms with van der Waals surface area (Å²) in [6.07, 6.45) is 4.13. The number of aromatic nitrogens is 2. The van der Waals surface area contributed by atoms with Crippen LogP contribution in [0.5, 0.6) is 0 Å². The average Bonchev–Trinajstić information content (AvgIpc) is 2.68. The molecule has 1 N–H and O–H groups in total. The molecule has 0 fully saturated rings. The number of halogens is 2. The third-order valence-electron chi connectivity index (χ3n) is 1.72. The topological polar surface area (TPSA) is 68.0 Å². The van der Waals surface area contributed by atoms with E-state index in [0.29, 0.717) is 16.1 Å². The zero-order valence-corrected chi connectivity index (χ0v) is 10.1. The second kappa shape index (κ2) is 4.63. The summed E-state index contributed by atoms with van der Waals surface area (Å²) in [6.45, 7) is 0. The fourth-order valence-corrected chi connectivity index (χ4v) is 1.53. The van der Waals surface area contributed by atoms with Gasteiger partial charge in [-0.15, -0.1) is 0 Å². The molecule has 0 aromatic carbocycles. The minimum Gasteiger partial charge on any atom is -0.457 e. The predicted molar refractivity (Wildman–Crippen MR) is 61.4 cm³/mol. The van der Waals surface area contributed by atoms with Crippen LogP contribution in [0.15, 0.2) is 33.8 Å².